The molecule has 1 heterocycles. The van der Waals surface area contributed by atoms with Crippen LogP contribution < -0.4 is 5.32 Å². The van der Waals surface area contributed by atoms with Crippen LogP contribution in [0, 0.1) is 11.8 Å². The van der Waals surface area contributed by atoms with Crippen LogP contribution in [-0.4, -0.2) is 50.2 Å². The van der Waals surface area contributed by atoms with Crippen molar-refractivity contribution in [3.63, 3.8) is 0 Å². The third-order valence-electron chi connectivity index (χ3n) is 6.80. The molecule has 1 aliphatic heterocycles. The number of carbonyl (C=O) groups is 1. The van der Waals surface area contributed by atoms with Gasteiger partial charge in [-0.05, 0) is 113 Å². The molecule has 1 N–H and O–H groups in total. The molecular weight excluding hydrogens is 464 g/mol. The number of nitrogens with zero attached hydrogens (tertiary/aromatic N) is 1. The van der Waals surface area contributed by atoms with Gasteiger partial charge in [0.25, 0.3) is 0 Å². The number of amides is 1. The fourth-order valence-electron chi connectivity index (χ4n) is 5.02. The molecule has 0 atom stereocenters. The minimum absolute atomic E-state index is 0.0204. The highest BCUT2D eigenvalue weighted by Gasteiger charge is 2.23. The van der Waals surface area contributed by atoms with Gasteiger partial charge in [0.2, 0.25) is 5.91 Å². The molecule has 30 heavy (non-hydrogen) atoms. The Morgan fingerprint density at radius 2 is 1.90 bits per heavy atom. The average molecular weight is 500 g/mol. The van der Waals surface area contributed by atoms with Crippen molar-refractivity contribution in [1.29, 1.82) is 0 Å². The quantitative estimate of drug-likeness (QED) is 0.490. The molecule has 1 saturated heterocycles. The lowest BCUT2D eigenvalue weighted by molar-refractivity contribution is -0.125. The number of piperidine rings is 1. The number of benzene rings is 1. The smallest absolute Gasteiger partial charge is 0.246 e. The van der Waals surface area contributed by atoms with Gasteiger partial charge in [-0.2, -0.15) is 0 Å². The Balaban J connectivity index is 1.28. The topological polar surface area (TPSA) is 41.6 Å². The van der Waals surface area contributed by atoms with E-state index in [1.54, 1.807) is 7.11 Å². The van der Waals surface area contributed by atoms with Gasteiger partial charge >= 0.3 is 0 Å². The lowest BCUT2D eigenvalue weighted by atomic mass is 9.83. The van der Waals surface area contributed by atoms with Crippen LogP contribution in [0.4, 0.5) is 0 Å². The highest BCUT2D eigenvalue weighted by atomic mass is 79.9. The maximum atomic E-state index is 11.6. The van der Waals surface area contributed by atoms with Crippen molar-refractivity contribution in [3.05, 3.63) is 33.3 Å². The minimum Gasteiger partial charge on any atom is -0.375 e. The van der Waals surface area contributed by atoms with E-state index in [0.717, 1.165) is 36.1 Å². The minimum atomic E-state index is 0.0204. The van der Waals surface area contributed by atoms with E-state index < -0.39 is 0 Å². The van der Waals surface area contributed by atoms with E-state index >= 15 is 0 Å². The van der Waals surface area contributed by atoms with E-state index in [-0.39, 0.29) is 12.5 Å². The fraction of sp³-hybridized carbons (Fsp3) is 0.708. The van der Waals surface area contributed by atoms with Crippen molar-refractivity contribution in [2.45, 2.75) is 63.8 Å². The van der Waals surface area contributed by atoms with Gasteiger partial charge in [-0.1, -0.05) is 27.5 Å². The molecule has 0 unspecified atom stereocenters. The molecule has 0 bridgehead atoms. The molecule has 4 nitrogen and oxygen atoms in total. The van der Waals surface area contributed by atoms with Gasteiger partial charge in [-0.25, -0.2) is 0 Å². The van der Waals surface area contributed by atoms with E-state index in [4.69, 9.17) is 16.3 Å². The number of nitrogens with one attached hydrogen (secondary N) is 1. The monoisotopic (exact) mass is 498 g/mol. The third kappa shape index (κ3) is 7.81. The zero-order chi connectivity index (χ0) is 21.3. The molecule has 1 aliphatic carbocycles. The van der Waals surface area contributed by atoms with Crippen molar-refractivity contribution in [3.8, 4) is 0 Å². The summed E-state index contributed by atoms with van der Waals surface area (Å²) >= 11 is 9.84. The molecule has 3 rings (SSSR count). The van der Waals surface area contributed by atoms with Crippen LogP contribution in [0.2, 0.25) is 5.02 Å². The van der Waals surface area contributed by atoms with Crippen LogP contribution in [0.25, 0.3) is 0 Å². The number of methoxy groups -OCH3 is 1. The van der Waals surface area contributed by atoms with Crippen LogP contribution in [-0.2, 0) is 16.0 Å². The predicted octanol–water partition coefficient (Wildman–Crippen LogP) is 5.46. The Labute approximate surface area is 195 Å². The van der Waals surface area contributed by atoms with E-state index in [1.165, 1.54) is 68.2 Å². The SMILES string of the molecule is COCC(=O)N[C@H]1CC[C@H](CCCN2CCC(Cc3cc(Cl)ccc3Br)CC2)CC1. The molecule has 1 saturated carbocycles. The van der Waals surface area contributed by atoms with E-state index in [1.807, 2.05) is 6.07 Å². The molecule has 1 aromatic carbocycles. The Hall–Kier alpha value is -0.620. The summed E-state index contributed by atoms with van der Waals surface area (Å²) in [4.78, 5) is 14.3. The fourth-order valence-corrected chi connectivity index (χ4v) is 5.63. The standard InChI is InChI=1S/C24H36BrClN2O2/c1-30-17-24(29)27-22-7-4-18(5-8-22)3-2-12-28-13-10-19(11-14-28)15-20-16-21(26)6-9-23(20)25/h6,9,16,18-19,22H,2-5,7-8,10-15,17H2,1H3,(H,27,29)/t18-,22-. The Bertz CT molecular complexity index is 671. The second-order valence-corrected chi connectivity index (χ2v) is 10.4. The summed E-state index contributed by atoms with van der Waals surface area (Å²) in [6, 6.07) is 6.47. The van der Waals surface area contributed by atoms with Gasteiger partial charge in [0.1, 0.15) is 6.61 Å². The van der Waals surface area contributed by atoms with Gasteiger partial charge in [0.05, 0.1) is 0 Å². The first-order chi connectivity index (χ1) is 14.5. The molecule has 0 spiro atoms. The first-order valence-electron chi connectivity index (χ1n) is 11.5. The summed E-state index contributed by atoms with van der Waals surface area (Å²) in [6.45, 7) is 3.85. The molecule has 0 radical (unpaired) electrons. The molecule has 168 valence electrons. The number of hydrogen-bond acceptors (Lipinski definition) is 3. The Morgan fingerprint density at radius 3 is 2.60 bits per heavy atom. The lowest BCUT2D eigenvalue weighted by Gasteiger charge is -2.33. The van der Waals surface area contributed by atoms with Crippen LogP contribution in [0.1, 0.15) is 56.9 Å². The van der Waals surface area contributed by atoms with Crippen molar-refractivity contribution in [1.82, 2.24) is 10.2 Å². The van der Waals surface area contributed by atoms with Crippen molar-refractivity contribution >= 4 is 33.4 Å². The summed E-state index contributed by atoms with van der Waals surface area (Å²) in [5.74, 6) is 1.62. The number of ether oxygens (including phenoxy) is 1. The molecule has 0 aromatic heterocycles. The summed E-state index contributed by atoms with van der Waals surface area (Å²) < 4.78 is 6.08. The zero-order valence-corrected chi connectivity index (χ0v) is 20.5. The lowest BCUT2D eigenvalue weighted by Crippen LogP contribution is -2.39. The second kappa shape index (κ2) is 12.4. The first-order valence-corrected chi connectivity index (χ1v) is 12.6. The maximum absolute atomic E-state index is 11.6. The number of hydrogen-bond donors (Lipinski definition) is 1. The van der Waals surface area contributed by atoms with Crippen molar-refractivity contribution in [2.75, 3.05) is 33.4 Å². The molecule has 2 fully saturated rings. The summed E-state index contributed by atoms with van der Waals surface area (Å²) in [5.41, 5.74) is 1.34. The highest BCUT2D eigenvalue weighted by Crippen LogP contribution is 2.30. The summed E-state index contributed by atoms with van der Waals surface area (Å²) in [6.07, 6.45) is 11.0. The molecule has 2 aliphatic rings. The molecule has 6 heteroatoms. The predicted molar refractivity (Wildman–Crippen MR) is 127 cm³/mol. The van der Waals surface area contributed by atoms with Gasteiger partial charge in [0, 0.05) is 22.6 Å². The van der Waals surface area contributed by atoms with Crippen LogP contribution >= 0.6 is 27.5 Å². The second-order valence-electron chi connectivity index (χ2n) is 9.09. The number of rotatable bonds is 9. The van der Waals surface area contributed by atoms with Crippen LogP contribution in [0.5, 0.6) is 0 Å². The third-order valence-corrected chi connectivity index (χ3v) is 7.81. The largest absolute Gasteiger partial charge is 0.375 e. The van der Waals surface area contributed by atoms with Crippen LogP contribution in [0.3, 0.4) is 0 Å². The molecule has 1 aromatic rings. The average Bonchev–Trinajstić information content (AvgIpc) is 2.73. The Morgan fingerprint density at radius 1 is 1.17 bits per heavy atom. The Kier molecular flexibility index (Phi) is 9.95. The summed E-state index contributed by atoms with van der Waals surface area (Å²) in [7, 11) is 1.57. The maximum Gasteiger partial charge on any atom is 0.246 e. The van der Waals surface area contributed by atoms with E-state index in [0.29, 0.717) is 6.04 Å². The number of halogens is 2. The van der Waals surface area contributed by atoms with E-state index in [2.05, 4.69) is 38.3 Å². The van der Waals surface area contributed by atoms with Crippen LogP contribution in [0.15, 0.2) is 22.7 Å². The first kappa shape index (κ1) is 24.0. The van der Waals surface area contributed by atoms with Gasteiger partial charge in [-0.3, -0.25) is 4.79 Å². The van der Waals surface area contributed by atoms with Crippen molar-refractivity contribution < 1.29 is 9.53 Å². The van der Waals surface area contributed by atoms with Gasteiger partial charge in [0.15, 0.2) is 0 Å². The van der Waals surface area contributed by atoms with E-state index in [9.17, 15) is 4.79 Å². The summed E-state index contributed by atoms with van der Waals surface area (Å²) in [5, 5.41) is 3.92. The number of carbonyl (C=O) groups excluding carboxylic acids is 1. The highest BCUT2D eigenvalue weighted by molar-refractivity contribution is 9.10. The normalized spacial score (nSPS) is 23.4. The zero-order valence-electron chi connectivity index (χ0n) is 18.2. The molecule has 1 amide bonds. The van der Waals surface area contributed by atoms with Gasteiger partial charge in [-0.15, -0.1) is 0 Å². The van der Waals surface area contributed by atoms with Crippen molar-refractivity contribution in [2.24, 2.45) is 11.8 Å². The number of likely N-dealkylation sites (tertiary alicyclic amines) is 1. The van der Waals surface area contributed by atoms with Gasteiger partial charge < -0.3 is 15.0 Å². The molecular formula is C24H36BrClN2O2.